The second kappa shape index (κ2) is 12.3. The number of benzene rings is 2. The van der Waals surface area contributed by atoms with E-state index in [1.54, 1.807) is 12.1 Å². The van der Waals surface area contributed by atoms with Gasteiger partial charge in [0.05, 0.1) is 13.5 Å². The molecule has 0 spiro atoms. The first-order chi connectivity index (χ1) is 16.2. The number of hydrogen-bond acceptors (Lipinski definition) is 7. The summed E-state index contributed by atoms with van der Waals surface area (Å²) in [4.78, 5) is 36.6. The molecule has 1 aliphatic heterocycles. The van der Waals surface area contributed by atoms with Gasteiger partial charge in [-0.25, -0.2) is 23.0 Å². The van der Waals surface area contributed by atoms with Crippen LogP contribution in [0.4, 0.5) is 13.2 Å². The zero-order chi connectivity index (χ0) is 24.8. The Morgan fingerprint density at radius 1 is 1.11 bits per heavy atom. The smallest absolute Gasteiger partial charge is 0.336 e. The lowest BCUT2D eigenvalue weighted by Crippen LogP contribution is -2.43. The quantitative estimate of drug-likeness (QED) is 0.330. The Bertz CT molecular complexity index is 1110. The third kappa shape index (κ3) is 7.27. The van der Waals surface area contributed by atoms with Crippen molar-refractivity contribution >= 4 is 36.5 Å². The maximum absolute atomic E-state index is 13.8. The summed E-state index contributed by atoms with van der Waals surface area (Å²) in [5.74, 6) is -5.06. The van der Waals surface area contributed by atoms with Crippen molar-refractivity contribution in [3.05, 3.63) is 65.0 Å². The molecule has 0 aliphatic carbocycles. The van der Waals surface area contributed by atoms with Gasteiger partial charge >= 0.3 is 11.9 Å². The van der Waals surface area contributed by atoms with Crippen molar-refractivity contribution in [3.8, 4) is 5.75 Å². The Labute approximate surface area is 205 Å². The zero-order valence-electron chi connectivity index (χ0n) is 18.6. The van der Waals surface area contributed by atoms with Crippen molar-refractivity contribution in [1.29, 1.82) is 0 Å². The SMILES string of the molecule is COC(=O)Cc1ccc(OC(=O)C2CC=NN2C(=O)C[C@H](N)Cc2cc(F)c(F)cc2F)cc1.Cl. The van der Waals surface area contributed by atoms with Gasteiger partial charge in [-0.2, -0.15) is 5.10 Å². The van der Waals surface area contributed by atoms with Gasteiger partial charge in [0, 0.05) is 31.2 Å². The normalized spacial score (nSPS) is 15.3. The van der Waals surface area contributed by atoms with Crippen molar-refractivity contribution < 1.29 is 37.0 Å². The highest BCUT2D eigenvalue weighted by molar-refractivity contribution is 5.90. The molecule has 12 heteroatoms. The van der Waals surface area contributed by atoms with Gasteiger partial charge in [0.1, 0.15) is 11.6 Å². The van der Waals surface area contributed by atoms with Gasteiger partial charge in [-0.3, -0.25) is 9.59 Å². The molecule has 0 saturated carbocycles. The Hall–Kier alpha value is -3.44. The molecule has 2 aromatic carbocycles. The van der Waals surface area contributed by atoms with E-state index in [2.05, 4.69) is 9.84 Å². The maximum atomic E-state index is 13.8. The molecule has 8 nitrogen and oxygen atoms in total. The summed E-state index contributed by atoms with van der Waals surface area (Å²) in [7, 11) is 1.28. The van der Waals surface area contributed by atoms with Gasteiger partial charge < -0.3 is 15.2 Å². The number of amides is 1. The van der Waals surface area contributed by atoms with Crippen molar-refractivity contribution in [2.45, 2.75) is 37.8 Å². The highest BCUT2D eigenvalue weighted by Gasteiger charge is 2.35. The topological polar surface area (TPSA) is 111 Å². The minimum absolute atomic E-state index is 0. The average molecular weight is 514 g/mol. The summed E-state index contributed by atoms with van der Waals surface area (Å²) in [6.45, 7) is 0. The number of carbonyl (C=O) groups excluding carboxylic acids is 3. The molecule has 35 heavy (non-hydrogen) atoms. The molecule has 3 rings (SSSR count). The number of esters is 2. The Morgan fingerprint density at radius 2 is 1.77 bits per heavy atom. The molecule has 1 amide bonds. The Morgan fingerprint density at radius 3 is 2.43 bits per heavy atom. The van der Waals surface area contributed by atoms with Crippen LogP contribution in [0.25, 0.3) is 0 Å². The number of methoxy groups -OCH3 is 1. The van der Waals surface area contributed by atoms with Crippen LogP contribution in [0.3, 0.4) is 0 Å². The Balaban J connectivity index is 0.00000432. The van der Waals surface area contributed by atoms with Crippen LogP contribution >= 0.6 is 12.4 Å². The second-order valence-electron chi connectivity index (χ2n) is 7.63. The van der Waals surface area contributed by atoms with Gasteiger partial charge in [-0.1, -0.05) is 12.1 Å². The summed E-state index contributed by atoms with van der Waals surface area (Å²) >= 11 is 0. The number of ether oxygens (including phenoxy) is 2. The van der Waals surface area contributed by atoms with E-state index < -0.39 is 47.4 Å². The second-order valence-corrected chi connectivity index (χ2v) is 7.63. The minimum atomic E-state index is -1.32. The van der Waals surface area contributed by atoms with Gasteiger partial charge in [0.15, 0.2) is 17.7 Å². The van der Waals surface area contributed by atoms with E-state index in [9.17, 15) is 27.6 Å². The average Bonchev–Trinajstić information content (AvgIpc) is 3.29. The van der Waals surface area contributed by atoms with Crippen LogP contribution in [0.2, 0.25) is 0 Å². The van der Waals surface area contributed by atoms with Crippen LogP contribution in [0.5, 0.6) is 5.75 Å². The third-order valence-corrected chi connectivity index (χ3v) is 5.08. The van der Waals surface area contributed by atoms with E-state index in [4.69, 9.17) is 10.5 Å². The molecule has 2 atom stereocenters. The van der Waals surface area contributed by atoms with Crippen molar-refractivity contribution in [1.82, 2.24) is 5.01 Å². The number of halogens is 4. The fourth-order valence-electron chi connectivity index (χ4n) is 3.34. The number of rotatable bonds is 8. The lowest BCUT2D eigenvalue weighted by molar-refractivity contribution is -0.147. The van der Waals surface area contributed by atoms with Crippen molar-refractivity contribution in [2.75, 3.05) is 7.11 Å². The number of hydrazone groups is 1. The summed E-state index contributed by atoms with van der Waals surface area (Å²) in [5.41, 5.74) is 6.40. The molecule has 2 aromatic rings. The molecule has 2 N–H and O–H groups in total. The van der Waals surface area contributed by atoms with Crippen molar-refractivity contribution in [2.24, 2.45) is 10.8 Å². The lowest BCUT2D eigenvalue weighted by atomic mass is 10.0. The van der Waals surface area contributed by atoms with Gasteiger partial charge in [-0.15, -0.1) is 12.4 Å². The fourth-order valence-corrected chi connectivity index (χ4v) is 3.34. The fraction of sp³-hybridized carbons (Fsp3) is 0.304. The van der Waals surface area contributed by atoms with Crippen LogP contribution in [-0.2, 0) is 32.0 Å². The van der Waals surface area contributed by atoms with E-state index >= 15 is 0 Å². The van der Waals surface area contributed by atoms with E-state index in [0.29, 0.717) is 17.7 Å². The predicted molar refractivity (Wildman–Crippen MR) is 121 cm³/mol. The van der Waals surface area contributed by atoms with Crippen LogP contribution in [-0.4, -0.2) is 48.3 Å². The van der Waals surface area contributed by atoms with E-state index in [0.717, 1.165) is 5.01 Å². The molecule has 1 aliphatic rings. The van der Waals surface area contributed by atoms with Crippen LogP contribution in [0, 0.1) is 17.5 Å². The van der Waals surface area contributed by atoms with Gasteiger partial charge in [0.2, 0.25) is 5.91 Å². The first-order valence-electron chi connectivity index (χ1n) is 10.3. The highest BCUT2D eigenvalue weighted by Crippen LogP contribution is 2.20. The van der Waals surface area contributed by atoms with E-state index in [1.165, 1.54) is 25.5 Å². The molecular weight excluding hydrogens is 491 g/mol. The van der Waals surface area contributed by atoms with Gasteiger partial charge in [-0.05, 0) is 35.7 Å². The molecule has 0 saturated heterocycles. The first-order valence-corrected chi connectivity index (χ1v) is 10.3. The van der Waals surface area contributed by atoms with Crippen LogP contribution < -0.4 is 10.5 Å². The van der Waals surface area contributed by atoms with E-state index in [-0.39, 0.29) is 49.4 Å². The van der Waals surface area contributed by atoms with E-state index in [1.807, 2.05) is 0 Å². The number of carbonyl (C=O) groups is 3. The summed E-state index contributed by atoms with van der Waals surface area (Å²) in [6, 6.07) is 5.37. The standard InChI is InChI=1S/C23H22F3N3O5.ClH/c1-33-22(31)8-13-2-4-16(5-3-13)34-23(32)20-6-7-28-29(20)21(30)11-15(27)9-14-10-18(25)19(26)12-17(14)24;/h2-5,7,10,12,15,20H,6,8-9,11,27H2,1H3;1H/t15-,20?;/m1./s1. The highest BCUT2D eigenvalue weighted by atomic mass is 35.5. The number of nitrogens with two attached hydrogens (primary N) is 1. The lowest BCUT2D eigenvalue weighted by Gasteiger charge is -2.22. The third-order valence-electron chi connectivity index (χ3n) is 5.08. The van der Waals surface area contributed by atoms with Crippen LogP contribution in [0.15, 0.2) is 41.5 Å². The summed E-state index contributed by atoms with van der Waals surface area (Å²) in [5, 5.41) is 4.85. The molecule has 0 bridgehead atoms. The Kier molecular flexibility index (Phi) is 9.78. The maximum Gasteiger partial charge on any atom is 0.336 e. The largest absolute Gasteiger partial charge is 0.469 e. The minimum Gasteiger partial charge on any atom is -0.469 e. The van der Waals surface area contributed by atoms with Gasteiger partial charge in [0.25, 0.3) is 0 Å². The molecular formula is C23H23ClF3N3O5. The van der Waals surface area contributed by atoms with Crippen molar-refractivity contribution in [3.63, 3.8) is 0 Å². The summed E-state index contributed by atoms with van der Waals surface area (Å²) in [6.07, 6.45) is 1.03. The molecule has 1 unspecified atom stereocenters. The molecule has 1 heterocycles. The monoisotopic (exact) mass is 513 g/mol. The van der Waals surface area contributed by atoms with Crippen LogP contribution in [0.1, 0.15) is 24.0 Å². The molecule has 188 valence electrons. The first kappa shape index (κ1) is 27.8. The molecule has 0 radical (unpaired) electrons. The molecule has 0 fully saturated rings. The number of hydrogen-bond donors (Lipinski definition) is 1. The predicted octanol–water partition coefficient (Wildman–Crippen LogP) is 2.69. The summed E-state index contributed by atoms with van der Waals surface area (Å²) < 4.78 is 50.2. The zero-order valence-corrected chi connectivity index (χ0v) is 19.4. The molecule has 0 aromatic heterocycles. The number of nitrogens with zero attached hydrogens (tertiary/aromatic N) is 2.